The van der Waals surface area contributed by atoms with E-state index in [1.807, 2.05) is 0 Å². The second-order valence-corrected chi connectivity index (χ2v) is 17.4. The van der Waals surface area contributed by atoms with E-state index in [4.69, 9.17) is 14.2 Å². The number of nitrogens with one attached hydrogen (secondary N) is 2. The van der Waals surface area contributed by atoms with E-state index in [1.165, 1.54) is 80.8 Å². The molecule has 0 aromatic heterocycles. The van der Waals surface area contributed by atoms with E-state index >= 15 is 0 Å². The molecule has 0 saturated heterocycles. The van der Waals surface area contributed by atoms with Gasteiger partial charge < -0.3 is 19.1 Å². The van der Waals surface area contributed by atoms with Crippen molar-refractivity contribution in [1.29, 1.82) is 0 Å². The molecule has 0 radical (unpaired) electrons. The van der Waals surface area contributed by atoms with Gasteiger partial charge in [0.2, 0.25) is 0 Å². The predicted molar refractivity (Wildman–Crippen MR) is 197 cm³/mol. The van der Waals surface area contributed by atoms with Crippen LogP contribution in [-0.2, 0) is 46.1 Å². The van der Waals surface area contributed by atoms with Crippen LogP contribution in [0.3, 0.4) is 0 Å². The molecule has 0 bridgehead atoms. The minimum Gasteiger partial charge on any atom is -0.497 e. The van der Waals surface area contributed by atoms with Crippen LogP contribution in [-0.4, -0.2) is 77.0 Å². The van der Waals surface area contributed by atoms with Gasteiger partial charge in [0.1, 0.15) is 34.7 Å². The summed E-state index contributed by atoms with van der Waals surface area (Å²) >= 11 is 0. The first-order chi connectivity index (χ1) is 26.2. The van der Waals surface area contributed by atoms with E-state index < -0.39 is 64.9 Å². The molecule has 300 valence electrons. The number of carbonyl (C=O) groups excluding carboxylic acids is 2. The lowest BCUT2D eigenvalue weighted by molar-refractivity contribution is -0.121. The van der Waals surface area contributed by atoms with E-state index in [1.54, 1.807) is 25.1 Å². The molecular formula is C35H35F3N4O11S3. The molecule has 56 heavy (non-hydrogen) atoms. The zero-order valence-electron chi connectivity index (χ0n) is 30.0. The van der Waals surface area contributed by atoms with Crippen LogP contribution in [0.15, 0.2) is 94.7 Å². The number of methoxy groups -OCH3 is 3. The zero-order valence-corrected chi connectivity index (χ0v) is 32.5. The summed E-state index contributed by atoms with van der Waals surface area (Å²) in [7, 11) is -11.6. The molecule has 1 aliphatic heterocycles. The van der Waals surface area contributed by atoms with Gasteiger partial charge in [0.15, 0.2) is 0 Å². The highest BCUT2D eigenvalue weighted by Gasteiger charge is 2.47. The van der Waals surface area contributed by atoms with Crippen molar-refractivity contribution in [3.05, 3.63) is 102 Å². The van der Waals surface area contributed by atoms with Gasteiger partial charge in [-0.2, -0.15) is 21.6 Å². The maximum atomic E-state index is 14.2. The van der Waals surface area contributed by atoms with Crippen molar-refractivity contribution in [2.24, 2.45) is 0 Å². The van der Waals surface area contributed by atoms with Gasteiger partial charge in [-0.1, -0.05) is 24.3 Å². The number of alkyl halides is 3. The van der Waals surface area contributed by atoms with Gasteiger partial charge in [-0.15, -0.1) is 0 Å². The maximum absolute atomic E-state index is 14.2. The molecule has 0 spiro atoms. The summed E-state index contributed by atoms with van der Waals surface area (Å²) in [6.45, 7) is 0.257. The Balaban J connectivity index is 1.62. The number of sulfonamides is 3. The highest BCUT2D eigenvalue weighted by atomic mass is 32.2. The molecule has 4 aromatic rings. The van der Waals surface area contributed by atoms with Crippen LogP contribution in [0, 0.1) is 6.92 Å². The van der Waals surface area contributed by atoms with Crippen LogP contribution in [0.25, 0.3) is 0 Å². The normalized spacial score (nSPS) is 13.7. The van der Waals surface area contributed by atoms with Gasteiger partial charge >= 0.3 is 15.5 Å². The van der Waals surface area contributed by atoms with E-state index in [0.29, 0.717) is 15.6 Å². The number of anilines is 2. The first-order valence-electron chi connectivity index (χ1n) is 16.3. The molecule has 1 atom stereocenters. The number of fused-ring (bicyclic) bond motifs is 1. The number of rotatable bonds is 14. The Morgan fingerprint density at radius 3 is 2.11 bits per heavy atom. The second-order valence-electron chi connectivity index (χ2n) is 12.2. The largest absolute Gasteiger partial charge is 0.516 e. The van der Waals surface area contributed by atoms with Crippen LogP contribution in [0.2, 0.25) is 0 Å². The minimum absolute atomic E-state index is 0.0235. The molecule has 21 heteroatoms. The molecule has 0 saturated carbocycles. The van der Waals surface area contributed by atoms with Crippen molar-refractivity contribution in [3.63, 3.8) is 0 Å². The van der Waals surface area contributed by atoms with Crippen molar-refractivity contribution in [3.8, 4) is 17.2 Å². The molecule has 1 heterocycles. The topological polar surface area (TPSA) is 195 Å². The molecule has 5 rings (SSSR count). The number of halogens is 3. The molecule has 4 aromatic carbocycles. The van der Waals surface area contributed by atoms with Crippen LogP contribution < -0.4 is 32.9 Å². The number of aryl methyl sites for hydroxylation is 1. The van der Waals surface area contributed by atoms with Gasteiger partial charge in [-0.25, -0.2) is 26.3 Å². The quantitative estimate of drug-likeness (QED) is 0.187. The van der Waals surface area contributed by atoms with E-state index in [0.717, 1.165) is 16.9 Å². The van der Waals surface area contributed by atoms with Crippen LogP contribution >= 0.6 is 0 Å². The van der Waals surface area contributed by atoms with Crippen molar-refractivity contribution in [1.82, 2.24) is 9.44 Å². The number of hydrogen-bond acceptors (Lipinski definition) is 12. The summed E-state index contributed by atoms with van der Waals surface area (Å²) in [6.07, 6.45) is -0.0328. The van der Waals surface area contributed by atoms with Crippen LogP contribution in [0.1, 0.15) is 22.7 Å². The monoisotopic (exact) mass is 840 g/mol. The Kier molecular flexibility index (Phi) is 11.8. The highest BCUT2D eigenvalue weighted by Crippen LogP contribution is 2.42. The average molecular weight is 841 g/mol. The maximum Gasteiger partial charge on any atom is 0.516 e. The van der Waals surface area contributed by atoms with Gasteiger partial charge in [-0.05, 0) is 85.1 Å². The van der Waals surface area contributed by atoms with Crippen molar-refractivity contribution in [2.75, 3.05) is 43.6 Å². The number of hydrogen-bond donors (Lipinski definition) is 2. The Morgan fingerprint density at radius 1 is 0.821 bits per heavy atom. The smallest absolute Gasteiger partial charge is 0.497 e. The third kappa shape index (κ3) is 8.48. The molecule has 0 fully saturated rings. The Labute approximate surface area is 321 Å². The highest BCUT2D eigenvalue weighted by molar-refractivity contribution is 7.93. The zero-order chi connectivity index (χ0) is 41.2. The Bertz CT molecular complexity index is 2480. The molecule has 1 unspecified atom stereocenters. The van der Waals surface area contributed by atoms with E-state index in [2.05, 4.69) is 4.72 Å². The molecule has 15 nitrogen and oxygen atoms in total. The summed E-state index contributed by atoms with van der Waals surface area (Å²) in [5.74, 6) is -2.31. The first-order valence-corrected chi connectivity index (χ1v) is 20.7. The lowest BCUT2D eigenvalue weighted by atomic mass is 10.0. The second kappa shape index (κ2) is 15.9. The summed E-state index contributed by atoms with van der Waals surface area (Å²) in [6, 6.07) is 18.0. The summed E-state index contributed by atoms with van der Waals surface area (Å²) in [5.41, 5.74) is -4.81. The fourth-order valence-electron chi connectivity index (χ4n) is 6.01. The fraction of sp³-hybridized carbons (Fsp3) is 0.257. The number of amides is 2. The lowest BCUT2D eigenvalue weighted by Crippen LogP contribution is -2.46. The molecular weight excluding hydrogens is 806 g/mol. The number of benzene rings is 4. The van der Waals surface area contributed by atoms with Gasteiger partial charge in [0.25, 0.3) is 31.9 Å². The summed E-state index contributed by atoms with van der Waals surface area (Å²) in [5, 5.41) is 0. The Morgan fingerprint density at radius 2 is 1.48 bits per heavy atom. The third-order valence-corrected chi connectivity index (χ3v) is 12.9. The van der Waals surface area contributed by atoms with Crippen LogP contribution in [0.4, 0.5) is 24.5 Å². The first kappa shape index (κ1) is 41.6. The SMILES string of the molecule is COc1ccc(S(=O)(=O)N(CC(=O)NS(=O)(=O)C(F)(F)F)c2cccc3c2CCN3C(C(=O)NS(=O)(=O)c2ccc(C)cc2OC)c2cccc(OC)c2)cc1. The fourth-order valence-corrected chi connectivity index (χ4v) is 9.08. The van der Waals surface area contributed by atoms with Crippen molar-refractivity contribution < 1.29 is 62.2 Å². The number of carbonyl (C=O) groups is 2. The van der Waals surface area contributed by atoms with Crippen molar-refractivity contribution in [2.45, 2.75) is 34.7 Å². The molecule has 1 aliphatic rings. The Hall–Kier alpha value is -5.54. The van der Waals surface area contributed by atoms with Crippen LogP contribution in [0.5, 0.6) is 17.2 Å². The van der Waals surface area contributed by atoms with Gasteiger partial charge in [-0.3, -0.25) is 13.9 Å². The van der Waals surface area contributed by atoms with Gasteiger partial charge in [0.05, 0.1) is 31.9 Å². The predicted octanol–water partition coefficient (Wildman–Crippen LogP) is 3.79. The van der Waals surface area contributed by atoms with E-state index in [-0.39, 0.29) is 51.9 Å². The lowest BCUT2D eigenvalue weighted by Gasteiger charge is -2.31. The third-order valence-electron chi connectivity index (χ3n) is 8.61. The minimum atomic E-state index is -6.22. The number of nitrogens with zero attached hydrogens (tertiary/aromatic N) is 2. The summed E-state index contributed by atoms with van der Waals surface area (Å²) in [4.78, 5) is 27.9. The summed E-state index contributed by atoms with van der Waals surface area (Å²) < 4.78 is 138. The van der Waals surface area contributed by atoms with E-state index in [9.17, 15) is 48.0 Å². The van der Waals surface area contributed by atoms with Gasteiger partial charge in [0, 0.05) is 17.8 Å². The molecule has 2 amide bonds. The average Bonchev–Trinajstić information content (AvgIpc) is 3.56. The number of ether oxygens (including phenoxy) is 3. The van der Waals surface area contributed by atoms with Crippen molar-refractivity contribution >= 4 is 53.3 Å². The molecule has 0 aliphatic carbocycles. The standard InChI is InChI=1S/C35H35F3N4O11S3/c1-22-11-16-31(30(19-22)53-4)54(45,46)40-34(44)33(23-7-5-8-25(20-23)52-3)41-18-17-27-28(41)9-6-10-29(27)42(21-32(43)39-56(49,50)35(36,37)38)55(47,48)26-14-12-24(51-2)13-15-26/h5-16,19-20,33H,17-18,21H2,1-4H3,(H,39,43)(H,40,44). The molecule has 2 N–H and O–H groups in total.